The van der Waals surface area contributed by atoms with Crippen molar-refractivity contribution in [1.29, 1.82) is 5.26 Å². The van der Waals surface area contributed by atoms with E-state index in [2.05, 4.69) is 11.4 Å². The predicted octanol–water partition coefficient (Wildman–Crippen LogP) is 2.65. The maximum atomic E-state index is 11.8. The number of nitriles is 1. The summed E-state index contributed by atoms with van der Waals surface area (Å²) in [7, 11) is 0. The molecular formula is C15H11N3O. The van der Waals surface area contributed by atoms with Crippen molar-refractivity contribution in [2.45, 2.75) is 0 Å². The Balaban J connectivity index is 2.16. The van der Waals surface area contributed by atoms with Gasteiger partial charge in [-0.05, 0) is 24.3 Å². The summed E-state index contributed by atoms with van der Waals surface area (Å²) in [6, 6.07) is 17.0. The van der Waals surface area contributed by atoms with Crippen LogP contribution in [0.25, 0.3) is 0 Å². The van der Waals surface area contributed by atoms with E-state index >= 15 is 0 Å². The summed E-state index contributed by atoms with van der Waals surface area (Å²) in [6.45, 7) is 0.218. The van der Waals surface area contributed by atoms with E-state index in [-0.39, 0.29) is 12.5 Å². The van der Waals surface area contributed by atoms with Crippen molar-refractivity contribution in [2.24, 2.45) is 0 Å². The van der Waals surface area contributed by atoms with Gasteiger partial charge in [0.1, 0.15) is 12.6 Å². The third-order valence-electron chi connectivity index (χ3n) is 3.09. The van der Waals surface area contributed by atoms with Crippen LogP contribution < -0.4 is 10.2 Å². The van der Waals surface area contributed by atoms with Crippen LogP contribution in [0, 0.1) is 11.3 Å². The van der Waals surface area contributed by atoms with Crippen LogP contribution in [0.5, 0.6) is 0 Å². The molecule has 3 rings (SSSR count). The number of carbonyl (C=O) groups is 1. The molecule has 0 saturated carbocycles. The predicted molar refractivity (Wildman–Crippen MR) is 73.2 cm³/mol. The minimum absolute atomic E-state index is 0.0774. The maximum absolute atomic E-state index is 11.8. The molecular weight excluding hydrogens is 238 g/mol. The number of nitrogens with zero attached hydrogens (tertiary/aromatic N) is 2. The second-order valence-corrected chi connectivity index (χ2v) is 4.28. The van der Waals surface area contributed by atoms with E-state index in [1.54, 1.807) is 6.07 Å². The molecule has 1 aliphatic rings. The Labute approximate surface area is 110 Å². The number of carbonyl (C=O) groups excluding carboxylic acids is 1. The largest absolute Gasteiger partial charge is 0.329 e. The molecule has 19 heavy (non-hydrogen) atoms. The van der Waals surface area contributed by atoms with E-state index in [0.717, 1.165) is 17.1 Å². The molecule has 0 aromatic heterocycles. The molecule has 0 unspecified atom stereocenters. The van der Waals surface area contributed by atoms with Gasteiger partial charge in [-0.25, -0.2) is 0 Å². The van der Waals surface area contributed by atoms with Gasteiger partial charge in [0.2, 0.25) is 5.91 Å². The topological polar surface area (TPSA) is 56.1 Å². The zero-order valence-electron chi connectivity index (χ0n) is 10.1. The third-order valence-corrected chi connectivity index (χ3v) is 3.09. The van der Waals surface area contributed by atoms with Gasteiger partial charge in [0, 0.05) is 0 Å². The molecule has 92 valence electrons. The van der Waals surface area contributed by atoms with Crippen molar-refractivity contribution in [3.8, 4) is 6.07 Å². The molecule has 0 radical (unpaired) electrons. The highest BCUT2D eigenvalue weighted by Gasteiger charge is 2.24. The first-order valence-corrected chi connectivity index (χ1v) is 5.95. The first-order valence-electron chi connectivity index (χ1n) is 5.95. The molecule has 1 heterocycles. The molecule has 0 spiro atoms. The molecule has 0 fully saturated rings. The standard InChI is InChI=1S/C15H11N3O/c16-9-11-5-1-3-7-13(11)18-10-15(19)17-12-6-2-4-8-14(12)18/h1-8H,10H2,(H,17,19). The van der Waals surface area contributed by atoms with Crippen LogP contribution in [0.3, 0.4) is 0 Å². The van der Waals surface area contributed by atoms with Crippen molar-refractivity contribution in [3.63, 3.8) is 0 Å². The number of anilines is 3. The van der Waals surface area contributed by atoms with Gasteiger partial charge in [-0.3, -0.25) is 4.79 Å². The van der Waals surface area contributed by atoms with E-state index in [1.807, 2.05) is 47.4 Å². The molecule has 2 aromatic carbocycles. The summed E-state index contributed by atoms with van der Waals surface area (Å²) in [5, 5.41) is 12.0. The highest BCUT2D eigenvalue weighted by Crippen LogP contribution is 2.35. The summed E-state index contributed by atoms with van der Waals surface area (Å²) in [4.78, 5) is 13.6. The van der Waals surface area contributed by atoms with Gasteiger partial charge in [-0.2, -0.15) is 5.26 Å². The van der Waals surface area contributed by atoms with Gasteiger partial charge < -0.3 is 10.2 Å². The summed E-state index contributed by atoms with van der Waals surface area (Å²) in [5.41, 5.74) is 3.00. The summed E-state index contributed by atoms with van der Waals surface area (Å²) < 4.78 is 0. The number of hydrogen-bond donors (Lipinski definition) is 1. The number of hydrogen-bond acceptors (Lipinski definition) is 3. The summed E-state index contributed by atoms with van der Waals surface area (Å²) in [5.74, 6) is -0.0774. The third kappa shape index (κ3) is 1.91. The molecule has 0 aliphatic carbocycles. The zero-order valence-corrected chi connectivity index (χ0v) is 10.1. The number of benzene rings is 2. The van der Waals surface area contributed by atoms with Crippen molar-refractivity contribution >= 4 is 23.0 Å². The molecule has 1 aliphatic heterocycles. The van der Waals surface area contributed by atoms with Gasteiger partial charge in [-0.1, -0.05) is 24.3 Å². The minimum atomic E-state index is -0.0774. The van der Waals surface area contributed by atoms with E-state index in [0.29, 0.717) is 5.56 Å². The Kier molecular flexibility index (Phi) is 2.66. The quantitative estimate of drug-likeness (QED) is 0.845. The van der Waals surface area contributed by atoms with Gasteiger partial charge in [0.25, 0.3) is 0 Å². The van der Waals surface area contributed by atoms with Crippen molar-refractivity contribution < 1.29 is 4.79 Å². The second-order valence-electron chi connectivity index (χ2n) is 4.28. The van der Waals surface area contributed by atoms with Gasteiger partial charge >= 0.3 is 0 Å². The lowest BCUT2D eigenvalue weighted by Crippen LogP contribution is -2.35. The van der Waals surface area contributed by atoms with E-state index in [9.17, 15) is 10.1 Å². The molecule has 0 bridgehead atoms. The molecule has 2 aromatic rings. The summed E-state index contributed by atoms with van der Waals surface area (Å²) >= 11 is 0. The first-order chi connectivity index (χ1) is 9.29. The fourth-order valence-electron chi connectivity index (χ4n) is 2.25. The number of rotatable bonds is 1. The fourth-order valence-corrected chi connectivity index (χ4v) is 2.25. The summed E-state index contributed by atoms with van der Waals surface area (Å²) in [6.07, 6.45) is 0. The van der Waals surface area contributed by atoms with Crippen LogP contribution in [-0.4, -0.2) is 12.5 Å². The fraction of sp³-hybridized carbons (Fsp3) is 0.0667. The van der Waals surface area contributed by atoms with E-state index in [4.69, 9.17) is 0 Å². The van der Waals surface area contributed by atoms with Crippen LogP contribution in [0.4, 0.5) is 17.1 Å². The Morgan fingerprint density at radius 1 is 1.05 bits per heavy atom. The Hall–Kier alpha value is -2.80. The van der Waals surface area contributed by atoms with Crippen LogP contribution in [0.1, 0.15) is 5.56 Å². The van der Waals surface area contributed by atoms with Gasteiger partial charge in [0.15, 0.2) is 0 Å². The highest BCUT2D eigenvalue weighted by atomic mass is 16.2. The van der Waals surface area contributed by atoms with Gasteiger partial charge in [-0.15, -0.1) is 0 Å². The SMILES string of the molecule is N#Cc1ccccc1N1CC(=O)Nc2ccccc21. The molecule has 4 heteroatoms. The lowest BCUT2D eigenvalue weighted by molar-refractivity contribution is -0.115. The van der Waals surface area contributed by atoms with Crippen LogP contribution in [0.2, 0.25) is 0 Å². The van der Waals surface area contributed by atoms with Crippen LogP contribution in [-0.2, 0) is 4.79 Å². The Morgan fingerprint density at radius 3 is 2.53 bits per heavy atom. The number of nitrogens with one attached hydrogen (secondary N) is 1. The van der Waals surface area contributed by atoms with Crippen LogP contribution in [0.15, 0.2) is 48.5 Å². The minimum Gasteiger partial charge on any atom is -0.329 e. The van der Waals surface area contributed by atoms with Crippen molar-refractivity contribution in [3.05, 3.63) is 54.1 Å². The lowest BCUT2D eigenvalue weighted by Gasteiger charge is -2.31. The molecule has 1 N–H and O–H groups in total. The monoisotopic (exact) mass is 249 g/mol. The average molecular weight is 249 g/mol. The Bertz CT molecular complexity index is 688. The van der Waals surface area contributed by atoms with Crippen molar-refractivity contribution in [1.82, 2.24) is 0 Å². The first kappa shape index (κ1) is 11.3. The molecule has 4 nitrogen and oxygen atoms in total. The zero-order chi connectivity index (χ0) is 13.2. The normalized spacial score (nSPS) is 13.4. The molecule has 0 saturated heterocycles. The highest BCUT2D eigenvalue weighted by molar-refractivity contribution is 6.03. The Morgan fingerprint density at radius 2 is 1.74 bits per heavy atom. The molecule has 0 atom stereocenters. The maximum Gasteiger partial charge on any atom is 0.244 e. The van der Waals surface area contributed by atoms with Crippen LogP contribution >= 0.6 is 0 Å². The smallest absolute Gasteiger partial charge is 0.244 e. The number of para-hydroxylation sites is 3. The second kappa shape index (κ2) is 4.46. The number of amides is 1. The van der Waals surface area contributed by atoms with Crippen molar-refractivity contribution in [2.75, 3.05) is 16.8 Å². The van der Waals surface area contributed by atoms with E-state index in [1.165, 1.54) is 0 Å². The number of fused-ring (bicyclic) bond motifs is 1. The molecule has 1 amide bonds. The van der Waals surface area contributed by atoms with E-state index < -0.39 is 0 Å². The lowest BCUT2D eigenvalue weighted by atomic mass is 10.1. The van der Waals surface area contributed by atoms with Gasteiger partial charge in [0.05, 0.1) is 22.6 Å². The average Bonchev–Trinajstić information content (AvgIpc) is 2.46.